The predicted octanol–water partition coefficient (Wildman–Crippen LogP) is -2.13. The molecule has 1 aromatic heterocycles. The maximum absolute atomic E-state index is 8.34. The zero-order chi connectivity index (χ0) is 5.82. The van der Waals surface area contributed by atoms with E-state index in [9.17, 15) is 0 Å². The first-order chi connectivity index (χ1) is 3.93. The summed E-state index contributed by atoms with van der Waals surface area (Å²) in [6.45, 7) is 0. The van der Waals surface area contributed by atoms with Gasteiger partial charge in [-0.2, -0.15) is 5.56 Å². The summed E-state index contributed by atoms with van der Waals surface area (Å²) in [5.74, 6) is 0. The van der Waals surface area contributed by atoms with Gasteiger partial charge in [-0.3, -0.25) is 6.21 Å². The Kier molecular flexibility index (Phi) is 5.52. The van der Waals surface area contributed by atoms with Gasteiger partial charge >= 0.3 is 51.4 Å². The standard InChI is InChI=1S/C6H4N2.K/c7-4-6-2-1-3-8-5-6;/h1,3-5H;/q-2;+1. The molecule has 0 bridgehead atoms. The molecule has 0 unspecified atom stereocenters. The Morgan fingerprint density at radius 1 is 1.67 bits per heavy atom. The molecule has 0 atom stereocenters. The molecule has 1 aromatic rings. The van der Waals surface area contributed by atoms with Crippen LogP contribution in [0, 0.1) is 6.07 Å². The number of hydrogen-bond acceptors (Lipinski definition) is 1. The first-order valence-corrected chi connectivity index (χ1v) is 2.22. The molecule has 0 saturated carbocycles. The van der Waals surface area contributed by atoms with Crippen LogP contribution in [0.2, 0.25) is 0 Å². The van der Waals surface area contributed by atoms with Crippen LogP contribution in [0.5, 0.6) is 0 Å². The molecule has 0 spiro atoms. The maximum atomic E-state index is 8.34. The van der Waals surface area contributed by atoms with Crippen LogP contribution in [0.25, 0.3) is 5.41 Å². The molecule has 0 aliphatic rings. The second-order valence-electron chi connectivity index (χ2n) is 1.32. The monoisotopic (exact) mass is 143 g/mol. The molecule has 0 radical (unpaired) electrons. The summed E-state index contributed by atoms with van der Waals surface area (Å²) < 4.78 is 0. The summed E-state index contributed by atoms with van der Waals surface area (Å²) in [5, 5.41) is 8.34. The minimum Gasteiger partial charge on any atom is -0.862 e. The van der Waals surface area contributed by atoms with E-state index in [1.165, 1.54) is 6.20 Å². The van der Waals surface area contributed by atoms with Crippen molar-refractivity contribution in [2.24, 2.45) is 0 Å². The third kappa shape index (κ3) is 3.22. The van der Waals surface area contributed by atoms with Gasteiger partial charge < -0.3 is 10.4 Å². The van der Waals surface area contributed by atoms with Crippen LogP contribution in [-0.2, 0) is 0 Å². The van der Waals surface area contributed by atoms with Crippen LogP contribution in [-0.4, -0.2) is 11.2 Å². The second-order valence-corrected chi connectivity index (χ2v) is 1.32. The van der Waals surface area contributed by atoms with E-state index in [-0.39, 0.29) is 51.4 Å². The summed E-state index contributed by atoms with van der Waals surface area (Å²) in [5.41, 5.74) is 0.604. The summed E-state index contributed by atoms with van der Waals surface area (Å²) >= 11 is 0. The van der Waals surface area contributed by atoms with Crippen molar-refractivity contribution in [2.45, 2.75) is 0 Å². The van der Waals surface area contributed by atoms with Crippen molar-refractivity contribution in [2.75, 3.05) is 0 Å². The van der Waals surface area contributed by atoms with Crippen LogP contribution >= 0.6 is 0 Å². The maximum Gasteiger partial charge on any atom is 1.00 e. The Bertz CT molecular complexity index is 174. The van der Waals surface area contributed by atoms with Crippen LogP contribution < -0.4 is 51.4 Å². The Hall–Kier alpha value is 0.456. The Balaban J connectivity index is 0.000000640. The number of hydrogen-bond donors (Lipinski definition) is 0. The number of aromatic nitrogens is 1. The molecule has 0 aromatic carbocycles. The van der Waals surface area contributed by atoms with Crippen molar-refractivity contribution in [1.29, 1.82) is 0 Å². The smallest absolute Gasteiger partial charge is 0.862 e. The zero-order valence-corrected chi connectivity index (χ0v) is 8.33. The number of pyridine rings is 1. The first kappa shape index (κ1) is 9.46. The summed E-state index contributed by atoms with van der Waals surface area (Å²) in [6, 6.07) is 4.39. The SMILES string of the molecule is [K+].[N-]=Cc1[c-]ccnc1. The Morgan fingerprint density at radius 3 is 2.78 bits per heavy atom. The molecule has 0 aliphatic heterocycles. The van der Waals surface area contributed by atoms with Gasteiger partial charge in [-0.1, -0.05) is 12.4 Å². The molecular formula is C6H4KN2-. The van der Waals surface area contributed by atoms with Crippen LogP contribution in [0.4, 0.5) is 0 Å². The average molecular weight is 143 g/mol. The molecule has 0 N–H and O–H groups in total. The van der Waals surface area contributed by atoms with Gasteiger partial charge in [-0.25, -0.2) is 0 Å². The summed E-state index contributed by atoms with van der Waals surface area (Å²) in [7, 11) is 0. The van der Waals surface area contributed by atoms with E-state index in [1.807, 2.05) is 0 Å². The average Bonchev–Trinajstić information content (AvgIpc) is 1.90. The van der Waals surface area contributed by atoms with E-state index < -0.39 is 0 Å². The van der Waals surface area contributed by atoms with Gasteiger partial charge in [0.15, 0.2) is 0 Å². The minimum atomic E-state index is 0. The number of nitrogens with zero attached hydrogens (tertiary/aromatic N) is 2. The van der Waals surface area contributed by atoms with E-state index in [1.54, 1.807) is 12.3 Å². The van der Waals surface area contributed by atoms with Crippen molar-refractivity contribution in [3.8, 4) is 0 Å². The second kappa shape index (κ2) is 5.26. The molecule has 2 nitrogen and oxygen atoms in total. The van der Waals surface area contributed by atoms with Crippen molar-refractivity contribution in [3.05, 3.63) is 35.5 Å². The van der Waals surface area contributed by atoms with Gasteiger partial charge in [0.05, 0.1) is 0 Å². The molecule has 1 heterocycles. The van der Waals surface area contributed by atoms with E-state index in [0.717, 1.165) is 6.21 Å². The van der Waals surface area contributed by atoms with Crippen molar-refractivity contribution in [3.63, 3.8) is 0 Å². The summed E-state index contributed by atoms with van der Waals surface area (Å²) in [6.07, 6.45) is 4.10. The fourth-order valence-electron chi connectivity index (χ4n) is 0.408. The van der Waals surface area contributed by atoms with Crippen LogP contribution in [0.3, 0.4) is 0 Å². The Labute approximate surface area is 96.6 Å². The molecule has 0 saturated heterocycles. The van der Waals surface area contributed by atoms with E-state index in [0.29, 0.717) is 5.56 Å². The van der Waals surface area contributed by atoms with Gasteiger partial charge in [0.2, 0.25) is 0 Å². The van der Waals surface area contributed by atoms with Gasteiger partial charge in [-0.05, 0) is 0 Å². The molecule has 0 aliphatic carbocycles. The van der Waals surface area contributed by atoms with E-state index in [4.69, 9.17) is 5.41 Å². The molecule has 9 heavy (non-hydrogen) atoms. The fourth-order valence-corrected chi connectivity index (χ4v) is 0.408. The third-order valence-corrected chi connectivity index (χ3v) is 0.763. The molecule has 40 valence electrons. The Morgan fingerprint density at radius 2 is 2.44 bits per heavy atom. The van der Waals surface area contributed by atoms with Crippen LogP contribution in [0.15, 0.2) is 18.5 Å². The minimum absolute atomic E-state index is 0. The predicted molar refractivity (Wildman–Crippen MR) is 31.6 cm³/mol. The van der Waals surface area contributed by atoms with Crippen molar-refractivity contribution < 1.29 is 51.4 Å². The molecular weight excluding hydrogens is 139 g/mol. The molecule has 1 rings (SSSR count). The van der Waals surface area contributed by atoms with Gasteiger partial charge in [-0.15, -0.1) is 12.1 Å². The van der Waals surface area contributed by atoms with Gasteiger partial charge in [0.25, 0.3) is 0 Å². The quantitative estimate of drug-likeness (QED) is 0.251. The first-order valence-electron chi connectivity index (χ1n) is 2.22. The summed E-state index contributed by atoms with van der Waals surface area (Å²) in [4.78, 5) is 3.73. The van der Waals surface area contributed by atoms with Gasteiger partial charge in [0.1, 0.15) is 0 Å². The van der Waals surface area contributed by atoms with E-state index in [2.05, 4.69) is 11.1 Å². The normalized spacial score (nSPS) is 7.56. The third-order valence-electron chi connectivity index (χ3n) is 0.763. The molecule has 0 fully saturated rings. The zero-order valence-electron chi connectivity index (χ0n) is 5.20. The van der Waals surface area contributed by atoms with Gasteiger partial charge in [0, 0.05) is 0 Å². The van der Waals surface area contributed by atoms with Crippen LogP contribution in [0.1, 0.15) is 5.56 Å². The van der Waals surface area contributed by atoms with Crippen molar-refractivity contribution >= 4 is 6.21 Å². The number of rotatable bonds is 1. The van der Waals surface area contributed by atoms with E-state index >= 15 is 0 Å². The largest absolute Gasteiger partial charge is 1.00 e. The topological polar surface area (TPSA) is 35.2 Å². The fraction of sp³-hybridized carbons (Fsp3) is 0. The molecule has 3 heteroatoms. The molecule has 0 amide bonds. The van der Waals surface area contributed by atoms with Crippen molar-refractivity contribution in [1.82, 2.24) is 4.98 Å².